The molecule has 2 heterocycles. The second-order valence-corrected chi connectivity index (χ2v) is 11.0. The number of hydrogen-bond donors (Lipinski definition) is 3. The molecule has 1 aliphatic rings. The molecule has 0 bridgehead atoms. The van der Waals surface area contributed by atoms with Gasteiger partial charge in [0.25, 0.3) is 11.8 Å². The first-order chi connectivity index (χ1) is 19.3. The lowest BCUT2D eigenvalue weighted by atomic mass is 10.1. The van der Waals surface area contributed by atoms with Gasteiger partial charge in [-0.1, -0.05) is 12.1 Å². The number of likely N-dealkylation sites (N-methyl/N-ethyl adjacent to an activating group) is 1. The summed E-state index contributed by atoms with van der Waals surface area (Å²) in [6.07, 6.45) is 3.12. The molecule has 1 saturated heterocycles. The summed E-state index contributed by atoms with van der Waals surface area (Å²) in [6, 6.07) is 20.8. The summed E-state index contributed by atoms with van der Waals surface area (Å²) in [7, 11) is 2.15. The minimum Gasteiger partial charge on any atom is -0.369 e. The van der Waals surface area contributed by atoms with Crippen molar-refractivity contribution < 1.29 is 9.59 Å². The summed E-state index contributed by atoms with van der Waals surface area (Å²) in [6.45, 7) is 6.01. The van der Waals surface area contributed by atoms with Crippen molar-refractivity contribution in [2.45, 2.75) is 6.92 Å². The number of benzene rings is 3. The molecule has 3 aromatic carbocycles. The average molecular weight is 648 g/mol. The highest BCUT2D eigenvalue weighted by Gasteiger charge is 2.15. The fraction of sp³-hybridized carbons (Fsp3) is 0.200. The molecule has 0 spiro atoms. The average Bonchev–Trinajstić information content (AvgIpc) is 2.96. The molecule has 5 rings (SSSR count). The zero-order chi connectivity index (χ0) is 28.1. The summed E-state index contributed by atoms with van der Waals surface area (Å²) < 4.78 is 0.969. The van der Waals surface area contributed by atoms with Crippen LogP contribution in [0, 0.1) is 10.5 Å². The molecule has 1 fully saturated rings. The van der Waals surface area contributed by atoms with Gasteiger partial charge in [0.2, 0.25) is 5.95 Å². The number of carbonyl (C=O) groups is 2. The van der Waals surface area contributed by atoms with Gasteiger partial charge >= 0.3 is 0 Å². The molecule has 204 valence electrons. The number of rotatable bonds is 7. The fourth-order valence-electron chi connectivity index (χ4n) is 4.38. The molecule has 4 aromatic rings. The van der Waals surface area contributed by atoms with Gasteiger partial charge in [-0.25, -0.2) is 9.97 Å². The summed E-state index contributed by atoms with van der Waals surface area (Å²) in [4.78, 5) is 39.1. The molecular formula is C30H30IN7O2. The van der Waals surface area contributed by atoms with Crippen molar-refractivity contribution in [3.63, 3.8) is 0 Å². The van der Waals surface area contributed by atoms with Gasteiger partial charge in [0.1, 0.15) is 0 Å². The zero-order valence-corrected chi connectivity index (χ0v) is 24.5. The molecule has 3 N–H and O–H groups in total. The topological polar surface area (TPSA) is 102 Å². The second-order valence-electron chi connectivity index (χ2n) is 9.71. The predicted octanol–water partition coefficient (Wildman–Crippen LogP) is 5.39. The Morgan fingerprint density at radius 2 is 1.48 bits per heavy atom. The van der Waals surface area contributed by atoms with Crippen LogP contribution in [0.3, 0.4) is 0 Å². The lowest BCUT2D eigenvalue weighted by Gasteiger charge is -2.34. The number of carbonyl (C=O) groups excluding carboxylic acids is 2. The van der Waals surface area contributed by atoms with E-state index in [9.17, 15) is 9.59 Å². The molecule has 10 heteroatoms. The number of aromatic nitrogens is 2. The maximum atomic E-state index is 13.0. The first-order valence-corrected chi connectivity index (χ1v) is 14.0. The second kappa shape index (κ2) is 12.4. The van der Waals surface area contributed by atoms with E-state index in [0.717, 1.165) is 41.0 Å². The first kappa shape index (κ1) is 27.5. The van der Waals surface area contributed by atoms with Gasteiger partial charge in [0.15, 0.2) is 0 Å². The van der Waals surface area contributed by atoms with E-state index in [0.29, 0.717) is 28.5 Å². The largest absolute Gasteiger partial charge is 0.369 e. The Bertz CT molecular complexity index is 1500. The number of nitrogens with zero attached hydrogens (tertiary/aromatic N) is 4. The number of halogens is 1. The van der Waals surface area contributed by atoms with Gasteiger partial charge < -0.3 is 25.8 Å². The Kier molecular flexibility index (Phi) is 8.56. The molecule has 0 atom stereocenters. The minimum absolute atomic E-state index is 0.237. The van der Waals surface area contributed by atoms with E-state index < -0.39 is 0 Å². The van der Waals surface area contributed by atoms with Crippen LogP contribution in [0.2, 0.25) is 0 Å². The van der Waals surface area contributed by atoms with Gasteiger partial charge in [-0.3, -0.25) is 9.59 Å². The fourth-order valence-corrected chi connectivity index (χ4v) is 4.93. The molecule has 0 saturated carbocycles. The predicted molar refractivity (Wildman–Crippen MR) is 168 cm³/mol. The number of piperazine rings is 1. The Morgan fingerprint density at radius 3 is 2.17 bits per heavy atom. The van der Waals surface area contributed by atoms with Crippen molar-refractivity contribution in [1.29, 1.82) is 0 Å². The van der Waals surface area contributed by atoms with Gasteiger partial charge in [0, 0.05) is 57.9 Å². The molecule has 0 radical (unpaired) electrons. The van der Waals surface area contributed by atoms with Crippen LogP contribution in [0.4, 0.5) is 28.7 Å². The van der Waals surface area contributed by atoms with Crippen LogP contribution in [0.25, 0.3) is 0 Å². The van der Waals surface area contributed by atoms with Crippen LogP contribution >= 0.6 is 22.6 Å². The number of nitrogens with one attached hydrogen (secondary N) is 3. The van der Waals surface area contributed by atoms with Crippen LogP contribution < -0.4 is 20.9 Å². The van der Waals surface area contributed by atoms with E-state index in [-0.39, 0.29) is 11.8 Å². The van der Waals surface area contributed by atoms with Crippen molar-refractivity contribution in [3.05, 3.63) is 99.4 Å². The van der Waals surface area contributed by atoms with Gasteiger partial charge in [0.05, 0.1) is 18.1 Å². The maximum Gasteiger partial charge on any atom is 0.256 e. The highest BCUT2D eigenvalue weighted by molar-refractivity contribution is 14.1. The summed E-state index contributed by atoms with van der Waals surface area (Å²) >= 11 is 2.17. The van der Waals surface area contributed by atoms with Gasteiger partial charge in [-0.05, 0) is 96.7 Å². The molecule has 2 amide bonds. The standard InChI is InChI=1S/C30H30IN7O2/c1-20-6-7-24(34-28(39)21-4-3-5-22(31)16-21)17-27(20)29(40)35-25-18-32-30(33-19-25)36-23-8-10-26(11-9-23)38-14-12-37(2)13-15-38/h3-11,16-19H,12-15H2,1-2H3,(H,34,39)(H,35,40)(H,32,33,36). The first-order valence-electron chi connectivity index (χ1n) is 13.0. The van der Waals surface area contributed by atoms with Crippen molar-refractivity contribution in [3.8, 4) is 0 Å². The molecular weight excluding hydrogens is 617 g/mol. The Morgan fingerprint density at radius 1 is 0.800 bits per heavy atom. The highest BCUT2D eigenvalue weighted by Crippen LogP contribution is 2.22. The molecule has 40 heavy (non-hydrogen) atoms. The summed E-state index contributed by atoms with van der Waals surface area (Å²) in [5.74, 6) is -0.118. The van der Waals surface area contributed by atoms with Crippen LogP contribution in [0.5, 0.6) is 0 Å². The quantitative estimate of drug-likeness (QED) is 0.231. The van der Waals surface area contributed by atoms with E-state index in [1.165, 1.54) is 5.69 Å². The van der Waals surface area contributed by atoms with Crippen molar-refractivity contribution in [2.75, 3.05) is 54.1 Å². The van der Waals surface area contributed by atoms with Crippen LogP contribution in [0.15, 0.2) is 79.1 Å². The highest BCUT2D eigenvalue weighted by atomic mass is 127. The van der Waals surface area contributed by atoms with E-state index in [2.05, 4.69) is 77.5 Å². The smallest absolute Gasteiger partial charge is 0.256 e. The molecule has 0 unspecified atom stereocenters. The number of amides is 2. The third-order valence-electron chi connectivity index (χ3n) is 6.73. The van der Waals surface area contributed by atoms with Crippen LogP contribution in [-0.4, -0.2) is 59.9 Å². The number of aryl methyl sites for hydroxylation is 1. The van der Waals surface area contributed by atoms with Crippen molar-refractivity contribution in [1.82, 2.24) is 14.9 Å². The SMILES string of the molecule is Cc1ccc(NC(=O)c2cccc(I)c2)cc1C(=O)Nc1cnc(Nc2ccc(N3CCN(C)CC3)cc2)nc1. The van der Waals surface area contributed by atoms with Gasteiger partial charge in [-0.2, -0.15) is 0 Å². The third kappa shape index (κ3) is 6.93. The number of anilines is 5. The Labute approximate surface area is 247 Å². The summed E-state index contributed by atoms with van der Waals surface area (Å²) in [5, 5.41) is 8.91. The lowest BCUT2D eigenvalue weighted by molar-refractivity contribution is 0.101. The number of hydrogen-bond acceptors (Lipinski definition) is 7. The third-order valence-corrected chi connectivity index (χ3v) is 7.40. The normalized spacial score (nSPS) is 13.5. The lowest BCUT2D eigenvalue weighted by Crippen LogP contribution is -2.44. The summed E-state index contributed by atoms with van der Waals surface area (Å²) in [5.41, 5.74) is 4.87. The minimum atomic E-state index is -0.313. The van der Waals surface area contributed by atoms with E-state index in [4.69, 9.17) is 0 Å². The van der Waals surface area contributed by atoms with Crippen LogP contribution in [0.1, 0.15) is 26.3 Å². The molecule has 1 aliphatic heterocycles. The van der Waals surface area contributed by atoms with Gasteiger partial charge in [-0.15, -0.1) is 0 Å². The van der Waals surface area contributed by atoms with Crippen LogP contribution in [-0.2, 0) is 0 Å². The van der Waals surface area contributed by atoms with Crippen molar-refractivity contribution in [2.24, 2.45) is 0 Å². The Balaban J connectivity index is 1.19. The molecule has 9 nitrogen and oxygen atoms in total. The van der Waals surface area contributed by atoms with Crippen molar-refractivity contribution >= 4 is 63.1 Å². The van der Waals surface area contributed by atoms with E-state index in [1.807, 2.05) is 31.2 Å². The molecule has 0 aliphatic carbocycles. The maximum absolute atomic E-state index is 13.0. The van der Waals surface area contributed by atoms with E-state index >= 15 is 0 Å². The Hall–Kier alpha value is -4.03. The monoisotopic (exact) mass is 647 g/mol. The zero-order valence-electron chi connectivity index (χ0n) is 22.3. The molecule has 1 aromatic heterocycles. The van der Waals surface area contributed by atoms with E-state index in [1.54, 1.807) is 42.7 Å².